The third-order valence-corrected chi connectivity index (χ3v) is 4.04. The molecule has 0 atom stereocenters. The molecule has 0 N–H and O–H groups in total. The van der Waals surface area contributed by atoms with Crippen molar-refractivity contribution in [2.75, 3.05) is 11.5 Å². The molecule has 1 aromatic heterocycles. The van der Waals surface area contributed by atoms with Gasteiger partial charge in [-0.2, -0.15) is 0 Å². The molecular weight excluding hydrogens is 324 g/mol. The first-order valence-corrected chi connectivity index (χ1v) is 8.75. The first-order valence-electron chi connectivity index (χ1n) is 8.75. The molecule has 3 aromatic rings. The van der Waals surface area contributed by atoms with E-state index in [0.717, 1.165) is 24.1 Å². The van der Waals surface area contributed by atoms with Crippen molar-refractivity contribution in [2.24, 2.45) is 0 Å². The molecule has 2 aromatic carbocycles. The lowest BCUT2D eigenvalue weighted by molar-refractivity contribution is 0.152. The van der Waals surface area contributed by atoms with Crippen LogP contribution in [0, 0.1) is 0 Å². The number of rotatable bonds is 7. The quantitative estimate of drug-likeness (QED) is 0.574. The van der Waals surface area contributed by atoms with Gasteiger partial charge in [0.2, 0.25) is 0 Å². The summed E-state index contributed by atoms with van der Waals surface area (Å²) in [6.45, 7) is 0.837. The molecule has 0 fully saturated rings. The van der Waals surface area contributed by atoms with E-state index in [4.69, 9.17) is 4.74 Å². The Kier molecular flexibility index (Phi) is 6.37. The number of hydrogen-bond donors (Lipinski definition) is 0. The van der Waals surface area contributed by atoms with Crippen molar-refractivity contribution in [1.82, 2.24) is 4.98 Å². The van der Waals surface area contributed by atoms with Crippen molar-refractivity contribution in [3.05, 3.63) is 96.3 Å². The van der Waals surface area contributed by atoms with E-state index in [0.29, 0.717) is 13.2 Å². The Balaban J connectivity index is 1.59. The number of anilines is 1. The molecule has 26 heavy (non-hydrogen) atoms. The Morgan fingerprint density at radius 2 is 1.58 bits per heavy atom. The van der Waals surface area contributed by atoms with Crippen LogP contribution in [0.5, 0.6) is 0 Å². The largest absolute Gasteiger partial charge is 0.449 e. The van der Waals surface area contributed by atoms with Crippen LogP contribution in [0.3, 0.4) is 0 Å². The Bertz CT molecular complexity index is 792. The zero-order valence-corrected chi connectivity index (χ0v) is 14.6. The second-order valence-corrected chi connectivity index (χ2v) is 5.99. The molecule has 0 spiro atoms. The van der Waals surface area contributed by atoms with Gasteiger partial charge in [0.1, 0.15) is 0 Å². The minimum absolute atomic E-state index is 0.352. The van der Waals surface area contributed by atoms with E-state index in [1.807, 2.05) is 60.7 Å². The van der Waals surface area contributed by atoms with Crippen molar-refractivity contribution < 1.29 is 9.53 Å². The molecule has 0 saturated heterocycles. The number of hydrogen-bond acceptors (Lipinski definition) is 3. The molecule has 0 aliphatic heterocycles. The lowest BCUT2D eigenvalue weighted by Crippen LogP contribution is -2.31. The van der Waals surface area contributed by atoms with Crippen molar-refractivity contribution >= 4 is 11.8 Å². The maximum Gasteiger partial charge on any atom is 0.414 e. The standard InChI is InChI=1S/C22H22N2O2/c25-22(26-16-8-13-19-9-3-1-4-10-19)24(21-14-7-15-23-17-21)18-20-11-5-2-6-12-20/h1-7,9-12,14-15,17H,8,13,16,18H2. The molecule has 4 heteroatoms. The topological polar surface area (TPSA) is 42.4 Å². The van der Waals surface area contributed by atoms with Gasteiger partial charge in [-0.05, 0) is 36.1 Å². The molecule has 0 aliphatic rings. The second kappa shape index (κ2) is 9.37. The van der Waals surface area contributed by atoms with Crippen molar-refractivity contribution in [3.8, 4) is 0 Å². The third kappa shape index (κ3) is 5.18. The van der Waals surface area contributed by atoms with Crippen molar-refractivity contribution in [1.29, 1.82) is 0 Å². The van der Waals surface area contributed by atoms with Crippen LogP contribution in [-0.4, -0.2) is 17.7 Å². The minimum atomic E-state index is -0.352. The average molecular weight is 346 g/mol. The molecular formula is C22H22N2O2. The molecule has 3 rings (SSSR count). The predicted molar refractivity (Wildman–Crippen MR) is 103 cm³/mol. The number of ether oxygens (including phenoxy) is 1. The number of aryl methyl sites for hydroxylation is 1. The van der Waals surface area contributed by atoms with Crippen LogP contribution in [0.2, 0.25) is 0 Å². The first kappa shape index (κ1) is 17.7. The molecule has 0 radical (unpaired) electrons. The molecule has 1 heterocycles. The predicted octanol–water partition coefficient (Wildman–Crippen LogP) is 4.86. The summed E-state index contributed by atoms with van der Waals surface area (Å²) in [7, 11) is 0. The van der Waals surface area contributed by atoms with Gasteiger partial charge in [0.15, 0.2) is 0 Å². The zero-order chi connectivity index (χ0) is 18.0. The van der Waals surface area contributed by atoms with Gasteiger partial charge in [-0.3, -0.25) is 9.88 Å². The fourth-order valence-corrected chi connectivity index (χ4v) is 2.70. The summed E-state index contributed by atoms with van der Waals surface area (Å²) in [4.78, 5) is 18.4. The summed E-state index contributed by atoms with van der Waals surface area (Å²) in [6, 6.07) is 23.7. The fourth-order valence-electron chi connectivity index (χ4n) is 2.70. The highest BCUT2D eigenvalue weighted by atomic mass is 16.6. The Morgan fingerprint density at radius 3 is 2.23 bits per heavy atom. The van der Waals surface area contributed by atoms with Gasteiger partial charge in [0, 0.05) is 6.20 Å². The van der Waals surface area contributed by atoms with E-state index in [9.17, 15) is 4.79 Å². The molecule has 4 nitrogen and oxygen atoms in total. The summed E-state index contributed by atoms with van der Waals surface area (Å²) in [6.07, 6.45) is 4.69. The van der Waals surface area contributed by atoms with Crippen LogP contribution in [0.4, 0.5) is 10.5 Å². The number of aromatic nitrogens is 1. The van der Waals surface area contributed by atoms with Gasteiger partial charge in [0.25, 0.3) is 0 Å². The van der Waals surface area contributed by atoms with E-state index in [-0.39, 0.29) is 6.09 Å². The van der Waals surface area contributed by atoms with E-state index in [1.54, 1.807) is 17.3 Å². The number of carbonyl (C=O) groups excluding carboxylic acids is 1. The monoisotopic (exact) mass is 346 g/mol. The van der Waals surface area contributed by atoms with Gasteiger partial charge in [-0.1, -0.05) is 60.7 Å². The van der Waals surface area contributed by atoms with E-state index in [2.05, 4.69) is 17.1 Å². The fraction of sp³-hybridized carbons (Fsp3) is 0.182. The van der Waals surface area contributed by atoms with Crippen molar-refractivity contribution in [3.63, 3.8) is 0 Å². The number of nitrogens with zero attached hydrogens (tertiary/aromatic N) is 2. The van der Waals surface area contributed by atoms with Gasteiger partial charge in [-0.25, -0.2) is 4.79 Å². The van der Waals surface area contributed by atoms with Crippen LogP contribution >= 0.6 is 0 Å². The number of benzene rings is 2. The van der Waals surface area contributed by atoms with Crippen LogP contribution in [0.25, 0.3) is 0 Å². The highest BCUT2D eigenvalue weighted by Crippen LogP contribution is 2.17. The van der Waals surface area contributed by atoms with Crippen LogP contribution in [0.1, 0.15) is 17.5 Å². The smallest absolute Gasteiger partial charge is 0.414 e. The normalized spacial score (nSPS) is 10.3. The van der Waals surface area contributed by atoms with Crippen LogP contribution < -0.4 is 4.90 Å². The number of pyridine rings is 1. The maximum absolute atomic E-state index is 12.6. The van der Waals surface area contributed by atoms with E-state index < -0.39 is 0 Å². The average Bonchev–Trinajstić information content (AvgIpc) is 2.71. The lowest BCUT2D eigenvalue weighted by atomic mass is 10.1. The van der Waals surface area contributed by atoms with E-state index >= 15 is 0 Å². The minimum Gasteiger partial charge on any atom is -0.449 e. The molecule has 0 aliphatic carbocycles. The summed E-state index contributed by atoms with van der Waals surface area (Å²) >= 11 is 0. The summed E-state index contributed by atoms with van der Waals surface area (Å²) in [5.74, 6) is 0. The summed E-state index contributed by atoms with van der Waals surface area (Å²) in [5, 5.41) is 0. The SMILES string of the molecule is O=C(OCCCc1ccccc1)N(Cc1ccccc1)c1cccnc1. The second-order valence-electron chi connectivity index (χ2n) is 5.99. The molecule has 1 amide bonds. The first-order chi connectivity index (χ1) is 12.8. The molecule has 132 valence electrons. The Labute approximate surface area is 154 Å². The molecule has 0 unspecified atom stereocenters. The van der Waals surface area contributed by atoms with Crippen LogP contribution in [0.15, 0.2) is 85.2 Å². The highest BCUT2D eigenvalue weighted by Gasteiger charge is 2.17. The van der Waals surface area contributed by atoms with Gasteiger partial charge in [-0.15, -0.1) is 0 Å². The molecule has 0 saturated carbocycles. The Morgan fingerprint density at radius 1 is 0.885 bits per heavy atom. The summed E-state index contributed by atoms with van der Waals surface area (Å²) < 4.78 is 5.51. The van der Waals surface area contributed by atoms with Gasteiger partial charge >= 0.3 is 6.09 Å². The van der Waals surface area contributed by atoms with E-state index in [1.165, 1.54) is 5.56 Å². The van der Waals surface area contributed by atoms with Gasteiger partial charge in [0.05, 0.1) is 25.0 Å². The van der Waals surface area contributed by atoms with Crippen molar-refractivity contribution in [2.45, 2.75) is 19.4 Å². The number of carbonyl (C=O) groups is 1. The molecule has 0 bridgehead atoms. The zero-order valence-electron chi connectivity index (χ0n) is 14.6. The van der Waals surface area contributed by atoms with Gasteiger partial charge < -0.3 is 4.74 Å². The Hall–Kier alpha value is -3.14. The third-order valence-electron chi connectivity index (χ3n) is 4.04. The lowest BCUT2D eigenvalue weighted by Gasteiger charge is -2.22. The summed E-state index contributed by atoms with van der Waals surface area (Å²) in [5.41, 5.74) is 3.01. The maximum atomic E-state index is 12.6. The van der Waals surface area contributed by atoms with Crippen LogP contribution in [-0.2, 0) is 17.7 Å². The number of amides is 1. The highest BCUT2D eigenvalue weighted by molar-refractivity contribution is 5.87.